The van der Waals surface area contributed by atoms with Crippen LogP contribution in [0.15, 0.2) is 69.9 Å². The van der Waals surface area contributed by atoms with Crippen LogP contribution < -0.4 is 24.7 Å². The van der Waals surface area contributed by atoms with Crippen molar-refractivity contribution in [1.82, 2.24) is 9.97 Å². The summed E-state index contributed by atoms with van der Waals surface area (Å²) in [5.74, 6) is 1.12. The van der Waals surface area contributed by atoms with E-state index in [-0.39, 0.29) is 17.8 Å². The van der Waals surface area contributed by atoms with Crippen molar-refractivity contribution in [3.63, 3.8) is 0 Å². The van der Waals surface area contributed by atoms with Crippen LogP contribution in [-0.2, 0) is 6.42 Å². The third-order valence-corrected chi connectivity index (χ3v) is 7.37. The Hall–Kier alpha value is -4.16. The lowest BCUT2D eigenvalue weighted by Gasteiger charge is -2.08. The van der Waals surface area contributed by atoms with E-state index >= 15 is 0 Å². The summed E-state index contributed by atoms with van der Waals surface area (Å²) in [5.41, 5.74) is 9.55. The molecule has 228 valence electrons. The van der Waals surface area contributed by atoms with Crippen molar-refractivity contribution >= 4 is 49.3 Å². The van der Waals surface area contributed by atoms with Crippen molar-refractivity contribution < 1.29 is 33.6 Å². The second-order valence-electron chi connectivity index (χ2n) is 8.85. The lowest BCUT2D eigenvalue weighted by molar-refractivity contribution is 0.0695. The van der Waals surface area contributed by atoms with Crippen LogP contribution in [0, 0.1) is 13.8 Å². The number of halogens is 2. The highest BCUT2D eigenvalue weighted by molar-refractivity contribution is 9.10. The second-order valence-corrected chi connectivity index (χ2v) is 10.6. The van der Waals surface area contributed by atoms with Crippen molar-refractivity contribution in [1.29, 1.82) is 0 Å². The van der Waals surface area contributed by atoms with E-state index in [1.807, 2.05) is 26.0 Å². The van der Waals surface area contributed by atoms with Crippen LogP contribution in [0.1, 0.15) is 37.7 Å². The van der Waals surface area contributed by atoms with Gasteiger partial charge in [-0.25, -0.2) is 4.79 Å². The van der Waals surface area contributed by atoms with Gasteiger partial charge in [0, 0.05) is 39.3 Å². The maximum absolute atomic E-state index is 12.4. The predicted molar refractivity (Wildman–Crippen MR) is 172 cm³/mol. The van der Waals surface area contributed by atoms with E-state index in [4.69, 9.17) is 29.8 Å². The van der Waals surface area contributed by atoms with Crippen LogP contribution in [0.5, 0.6) is 23.0 Å². The van der Waals surface area contributed by atoms with Crippen molar-refractivity contribution in [2.75, 3.05) is 34.2 Å². The van der Waals surface area contributed by atoms with Crippen LogP contribution in [0.25, 0.3) is 0 Å². The van der Waals surface area contributed by atoms with Crippen molar-refractivity contribution in [3.05, 3.63) is 97.9 Å². The Morgan fingerprint density at radius 2 is 1.12 bits per heavy atom. The van der Waals surface area contributed by atoms with Crippen molar-refractivity contribution in [2.45, 2.75) is 20.3 Å². The first-order chi connectivity index (χ1) is 20.4. The highest BCUT2D eigenvalue weighted by Crippen LogP contribution is 2.25. The fourth-order valence-corrected chi connectivity index (χ4v) is 4.11. The Labute approximate surface area is 267 Å². The van der Waals surface area contributed by atoms with Gasteiger partial charge >= 0.3 is 5.97 Å². The summed E-state index contributed by atoms with van der Waals surface area (Å²) in [5, 5.41) is 8.71. The molecule has 0 unspecified atom stereocenters. The number of nitrogens with zero attached hydrogens (tertiary/aromatic N) is 2. The molecule has 3 N–H and O–H groups in total. The molecule has 0 atom stereocenters. The summed E-state index contributed by atoms with van der Waals surface area (Å²) in [7, 11) is 6.06. The smallest absolute Gasteiger partial charge is 0.335 e. The molecule has 12 heteroatoms. The summed E-state index contributed by atoms with van der Waals surface area (Å²) in [6, 6.07) is 13.4. The number of ether oxygens (including phenoxy) is 4. The van der Waals surface area contributed by atoms with E-state index in [1.54, 1.807) is 50.9 Å². The Bertz CT molecular complexity index is 1520. The highest BCUT2D eigenvalue weighted by atomic mass is 79.9. The Kier molecular flexibility index (Phi) is 13.9. The number of hydrogen-bond donors (Lipinski definition) is 2. The molecule has 0 fully saturated rings. The lowest BCUT2D eigenvalue weighted by Crippen LogP contribution is -2.05. The van der Waals surface area contributed by atoms with Crippen molar-refractivity contribution in [2.24, 2.45) is 0 Å². The summed E-state index contributed by atoms with van der Waals surface area (Å²) in [6.07, 6.45) is 3.64. The molecule has 0 saturated heterocycles. The number of carbonyl (C=O) groups excluding carboxylic acids is 1. The lowest BCUT2D eigenvalue weighted by atomic mass is 10.0. The first-order valence-electron chi connectivity index (χ1n) is 12.6. The molecule has 0 bridgehead atoms. The quantitative estimate of drug-likeness (QED) is 0.188. The van der Waals surface area contributed by atoms with Crippen LogP contribution in [0.3, 0.4) is 0 Å². The largest absolute Gasteiger partial charge is 0.497 e. The monoisotopic (exact) mass is 717 g/mol. The molecule has 0 aliphatic rings. The van der Waals surface area contributed by atoms with E-state index in [0.29, 0.717) is 34.2 Å². The van der Waals surface area contributed by atoms with E-state index < -0.39 is 5.97 Å². The average molecular weight is 719 g/mol. The van der Waals surface area contributed by atoms with Crippen LogP contribution >= 0.6 is 31.9 Å². The molecule has 2 aromatic carbocycles. The number of aromatic nitrogens is 2. The van der Waals surface area contributed by atoms with Gasteiger partial charge in [-0.05, 0) is 87.7 Å². The first kappa shape index (κ1) is 35.0. The number of benzene rings is 2. The molecule has 0 aliphatic heterocycles. The molecule has 10 nitrogen and oxygen atoms in total. The molecule has 2 heterocycles. The topological polar surface area (TPSA) is 143 Å². The molecule has 43 heavy (non-hydrogen) atoms. The molecule has 0 spiro atoms. The average Bonchev–Trinajstić information content (AvgIpc) is 3.00. The van der Waals surface area contributed by atoms with Gasteiger partial charge in [0.15, 0.2) is 5.78 Å². The summed E-state index contributed by atoms with van der Waals surface area (Å²) in [6.45, 7) is 3.83. The number of aryl methyl sites for hydroxylation is 2. The van der Waals surface area contributed by atoms with E-state index in [9.17, 15) is 9.59 Å². The molecule has 0 aliphatic carbocycles. The number of pyridine rings is 2. The van der Waals surface area contributed by atoms with Gasteiger partial charge in [0.25, 0.3) is 0 Å². The SMILES string of the molecule is COc1cc(OC)cc(C(=O)Cc2cnc(C)c(Br)c2)c1.COc1cc(OC)cc(C(=O)O)c1.Cc1ncc(N)cc1Br. The molecular weight excluding hydrogens is 686 g/mol. The third kappa shape index (κ3) is 11.2. The van der Waals surface area contributed by atoms with E-state index in [0.717, 1.165) is 25.9 Å². The number of hydrogen-bond acceptors (Lipinski definition) is 9. The maximum atomic E-state index is 12.4. The van der Waals surface area contributed by atoms with E-state index in [2.05, 4.69) is 41.8 Å². The van der Waals surface area contributed by atoms with Gasteiger partial charge in [0.05, 0.1) is 57.3 Å². The molecule has 2 aromatic heterocycles. The fraction of sp³-hybridized carbons (Fsp3) is 0.226. The number of carbonyl (C=O) groups is 2. The van der Waals surface area contributed by atoms with Gasteiger partial charge in [0.2, 0.25) is 0 Å². The normalized spacial score (nSPS) is 9.86. The van der Waals surface area contributed by atoms with Crippen LogP contribution in [0.4, 0.5) is 5.69 Å². The van der Waals surface area contributed by atoms with Gasteiger partial charge in [-0.1, -0.05) is 0 Å². The predicted octanol–water partition coefficient (Wildman–Crippen LogP) is 6.73. The van der Waals surface area contributed by atoms with Gasteiger partial charge in [-0.2, -0.15) is 0 Å². The van der Waals surface area contributed by atoms with Crippen LogP contribution in [0.2, 0.25) is 0 Å². The number of nitrogen functional groups attached to an aromatic ring is 1. The number of rotatable bonds is 8. The van der Waals surface area contributed by atoms with Gasteiger partial charge in [0.1, 0.15) is 23.0 Å². The number of methoxy groups -OCH3 is 4. The summed E-state index contributed by atoms with van der Waals surface area (Å²) < 4.78 is 22.0. The van der Waals surface area contributed by atoms with Gasteiger partial charge < -0.3 is 29.8 Å². The zero-order valence-corrected chi connectivity index (χ0v) is 27.8. The summed E-state index contributed by atoms with van der Waals surface area (Å²) in [4.78, 5) is 31.3. The standard InChI is InChI=1S/C16H16BrNO3.C9H10O4.C6H7BrN2/c1-10-15(17)4-11(9-18-10)5-16(19)12-6-13(20-2)8-14(7-12)21-3;1-12-7-3-6(9(10)11)4-8(5-7)13-2;1-4-6(7)2-5(8)3-9-4/h4,6-9H,5H2,1-3H3;3-5H,1-2H3,(H,10,11);2-3H,8H2,1H3. The zero-order chi connectivity index (χ0) is 32.1. The number of nitrogens with two attached hydrogens (primary N) is 1. The second kappa shape index (κ2) is 17.1. The molecule has 0 saturated carbocycles. The summed E-state index contributed by atoms with van der Waals surface area (Å²) >= 11 is 6.73. The minimum atomic E-state index is -1.00. The number of aromatic carboxylic acids is 1. The number of carboxylic acids is 1. The number of Topliss-reactive ketones (excluding diaryl/α,β-unsaturated/α-hetero) is 1. The minimum Gasteiger partial charge on any atom is -0.497 e. The number of ketones is 1. The molecule has 0 amide bonds. The zero-order valence-electron chi connectivity index (χ0n) is 24.6. The molecule has 0 radical (unpaired) electrons. The first-order valence-corrected chi connectivity index (χ1v) is 14.2. The number of anilines is 1. The van der Waals surface area contributed by atoms with Crippen molar-refractivity contribution in [3.8, 4) is 23.0 Å². The maximum Gasteiger partial charge on any atom is 0.335 e. The molecule has 4 rings (SSSR count). The van der Waals surface area contributed by atoms with E-state index in [1.165, 1.54) is 26.4 Å². The fourth-order valence-electron chi connectivity index (χ4n) is 3.35. The van der Waals surface area contributed by atoms with Gasteiger partial charge in [-0.3, -0.25) is 14.8 Å². The minimum absolute atomic E-state index is 0.00949. The van der Waals surface area contributed by atoms with Gasteiger partial charge in [-0.15, -0.1) is 0 Å². The highest BCUT2D eigenvalue weighted by Gasteiger charge is 2.12. The Morgan fingerprint density at radius 3 is 1.49 bits per heavy atom. The van der Waals surface area contributed by atoms with Crippen LogP contribution in [-0.4, -0.2) is 55.3 Å². The number of carboxylic acid groups (broad SMARTS) is 1. The molecular formula is C31H33Br2N3O7. The third-order valence-electron chi connectivity index (χ3n) is 5.76. The Balaban J connectivity index is 0.000000249. The Morgan fingerprint density at radius 1 is 0.698 bits per heavy atom. The molecule has 4 aromatic rings.